The zero-order valence-corrected chi connectivity index (χ0v) is 7.80. The number of aromatic amines is 1. The SMILES string of the molecule is N#Cc1c[nH]c2ncc([N+](=O)[O-])cc2c1=O. The third kappa shape index (κ3) is 1.38. The molecule has 0 unspecified atom stereocenters. The summed E-state index contributed by atoms with van der Waals surface area (Å²) in [4.78, 5) is 27.8. The molecule has 2 aromatic heterocycles. The van der Waals surface area contributed by atoms with E-state index >= 15 is 0 Å². The first-order valence-corrected chi connectivity index (χ1v) is 4.19. The lowest BCUT2D eigenvalue weighted by Crippen LogP contribution is -2.08. The van der Waals surface area contributed by atoms with Crippen LogP contribution >= 0.6 is 0 Å². The Morgan fingerprint density at radius 2 is 2.31 bits per heavy atom. The molecular weight excluding hydrogens is 212 g/mol. The quantitative estimate of drug-likeness (QED) is 0.556. The molecule has 0 spiro atoms. The number of H-pyrrole nitrogens is 1. The lowest BCUT2D eigenvalue weighted by atomic mass is 10.2. The Kier molecular flexibility index (Phi) is 2.10. The maximum Gasteiger partial charge on any atom is 0.288 e. The highest BCUT2D eigenvalue weighted by Gasteiger charge is 2.11. The van der Waals surface area contributed by atoms with Crippen LogP contribution in [0.15, 0.2) is 23.3 Å². The number of nitrogens with zero attached hydrogens (tertiary/aromatic N) is 3. The van der Waals surface area contributed by atoms with Gasteiger partial charge in [-0.1, -0.05) is 0 Å². The van der Waals surface area contributed by atoms with Crippen molar-refractivity contribution in [1.29, 1.82) is 5.26 Å². The van der Waals surface area contributed by atoms with Crippen LogP contribution in [0, 0.1) is 21.4 Å². The van der Waals surface area contributed by atoms with E-state index in [0.29, 0.717) is 0 Å². The van der Waals surface area contributed by atoms with Gasteiger partial charge >= 0.3 is 0 Å². The summed E-state index contributed by atoms with van der Waals surface area (Å²) in [6.07, 6.45) is 2.27. The van der Waals surface area contributed by atoms with Crippen LogP contribution < -0.4 is 5.43 Å². The van der Waals surface area contributed by atoms with Crippen molar-refractivity contribution < 1.29 is 4.92 Å². The summed E-state index contributed by atoms with van der Waals surface area (Å²) in [7, 11) is 0. The minimum atomic E-state index is -0.648. The molecule has 78 valence electrons. The highest BCUT2D eigenvalue weighted by molar-refractivity contribution is 5.77. The molecule has 7 nitrogen and oxygen atoms in total. The van der Waals surface area contributed by atoms with E-state index in [0.717, 1.165) is 12.3 Å². The Morgan fingerprint density at radius 1 is 1.56 bits per heavy atom. The zero-order chi connectivity index (χ0) is 11.7. The Labute approximate surface area is 88.1 Å². The number of rotatable bonds is 1. The largest absolute Gasteiger partial charge is 0.345 e. The van der Waals surface area contributed by atoms with Crippen LogP contribution in [0.1, 0.15) is 5.56 Å². The van der Waals surface area contributed by atoms with Crippen LogP contribution in [0.2, 0.25) is 0 Å². The second kappa shape index (κ2) is 3.43. The van der Waals surface area contributed by atoms with Crippen molar-refractivity contribution in [3.05, 3.63) is 44.4 Å². The fraction of sp³-hybridized carbons (Fsp3) is 0. The van der Waals surface area contributed by atoms with Gasteiger partial charge in [0.25, 0.3) is 5.69 Å². The second-order valence-corrected chi connectivity index (χ2v) is 2.99. The van der Waals surface area contributed by atoms with Gasteiger partial charge in [0.05, 0.1) is 10.3 Å². The Hall–Kier alpha value is -2.75. The van der Waals surface area contributed by atoms with Crippen LogP contribution in [0.25, 0.3) is 11.0 Å². The van der Waals surface area contributed by atoms with Gasteiger partial charge in [-0.05, 0) is 0 Å². The summed E-state index contributed by atoms with van der Waals surface area (Å²) in [6, 6.07) is 2.79. The minimum absolute atomic E-state index is 0.0354. The number of fused-ring (bicyclic) bond motifs is 1. The molecule has 0 radical (unpaired) electrons. The lowest BCUT2D eigenvalue weighted by molar-refractivity contribution is -0.385. The van der Waals surface area contributed by atoms with E-state index in [4.69, 9.17) is 5.26 Å². The molecule has 16 heavy (non-hydrogen) atoms. The van der Waals surface area contributed by atoms with Crippen molar-refractivity contribution in [2.24, 2.45) is 0 Å². The molecule has 2 heterocycles. The molecule has 2 aromatic rings. The van der Waals surface area contributed by atoms with Crippen molar-refractivity contribution in [1.82, 2.24) is 9.97 Å². The van der Waals surface area contributed by atoms with E-state index in [9.17, 15) is 14.9 Å². The fourth-order valence-corrected chi connectivity index (χ4v) is 1.28. The lowest BCUT2D eigenvalue weighted by Gasteiger charge is -1.96. The predicted molar refractivity (Wildman–Crippen MR) is 53.7 cm³/mol. The van der Waals surface area contributed by atoms with E-state index in [-0.39, 0.29) is 22.3 Å². The second-order valence-electron chi connectivity index (χ2n) is 2.99. The Morgan fingerprint density at radius 3 is 2.94 bits per heavy atom. The molecule has 0 aliphatic heterocycles. The molecule has 0 aliphatic rings. The van der Waals surface area contributed by atoms with Crippen molar-refractivity contribution in [2.45, 2.75) is 0 Å². The van der Waals surface area contributed by atoms with E-state index < -0.39 is 10.4 Å². The number of nitrogens with one attached hydrogen (secondary N) is 1. The third-order valence-corrected chi connectivity index (χ3v) is 2.05. The van der Waals surface area contributed by atoms with E-state index in [2.05, 4.69) is 9.97 Å². The molecule has 0 fully saturated rings. The average molecular weight is 216 g/mol. The molecule has 0 aliphatic carbocycles. The molecular formula is C9H4N4O3. The number of nitro groups is 1. The normalized spacial score (nSPS) is 9.94. The molecule has 1 N–H and O–H groups in total. The summed E-state index contributed by atoms with van der Waals surface area (Å²) >= 11 is 0. The monoisotopic (exact) mass is 216 g/mol. The summed E-state index contributed by atoms with van der Waals surface area (Å²) in [5, 5.41) is 19.2. The fourth-order valence-electron chi connectivity index (χ4n) is 1.28. The van der Waals surface area contributed by atoms with Crippen LogP contribution in [-0.2, 0) is 0 Å². The minimum Gasteiger partial charge on any atom is -0.345 e. The molecule has 0 aromatic carbocycles. The summed E-state index contributed by atoms with van der Waals surface area (Å²) in [6.45, 7) is 0. The highest BCUT2D eigenvalue weighted by atomic mass is 16.6. The van der Waals surface area contributed by atoms with Crippen LogP contribution in [-0.4, -0.2) is 14.9 Å². The first-order valence-electron chi connectivity index (χ1n) is 4.19. The summed E-state index contributed by atoms with van der Waals surface area (Å²) in [5.41, 5.74) is -0.732. The maximum absolute atomic E-state index is 11.6. The van der Waals surface area contributed by atoms with Crippen LogP contribution in [0.5, 0.6) is 0 Å². The van der Waals surface area contributed by atoms with Gasteiger partial charge < -0.3 is 4.98 Å². The van der Waals surface area contributed by atoms with Gasteiger partial charge in [0, 0.05) is 12.3 Å². The molecule has 0 amide bonds. The molecule has 0 bridgehead atoms. The van der Waals surface area contributed by atoms with Gasteiger partial charge in [-0.2, -0.15) is 5.26 Å². The number of nitriles is 1. The number of hydrogen-bond donors (Lipinski definition) is 1. The Balaban J connectivity index is 2.86. The summed E-state index contributed by atoms with van der Waals surface area (Å²) in [5.74, 6) is 0. The molecule has 7 heteroatoms. The van der Waals surface area contributed by atoms with Gasteiger partial charge in [-0.3, -0.25) is 14.9 Å². The van der Waals surface area contributed by atoms with E-state index in [1.807, 2.05) is 0 Å². The Bertz CT molecular complexity index is 683. The number of pyridine rings is 2. The number of aromatic nitrogens is 2. The van der Waals surface area contributed by atoms with E-state index in [1.54, 1.807) is 6.07 Å². The van der Waals surface area contributed by atoms with Crippen molar-refractivity contribution in [2.75, 3.05) is 0 Å². The van der Waals surface area contributed by atoms with Crippen LogP contribution in [0.3, 0.4) is 0 Å². The standard InChI is InChI=1S/C9H4N4O3/c10-2-5-3-11-9-7(8(5)14)1-6(4-12-9)13(15)16/h1,3-4H,(H,11,12,14). The molecule has 0 atom stereocenters. The molecule has 0 saturated heterocycles. The summed E-state index contributed by atoms with van der Waals surface area (Å²) < 4.78 is 0. The average Bonchev–Trinajstić information content (AvgIpc) is 2.29. The molecule has 0 saturated carbocycles. The van der Waals surface area contributed by atoms with Crippen molar-refractivity contribution in [3.8, 4) is 6.07 Å². The first kappa shape index (κ1) is 9.79. The molecule has 2 rings (SSSR count). The number of hydrogen-bond acceptors (Lipinski definition) is 5. The van der Waals surface area contributed by atoms with Crippen molar-refractivity contribution >= 4 is 16.7 Å². The van der Waals surface area contributed by atoms with Crippen molar-refractivity contribution in [3.63, 3.8) is 0 Å². The first-order chi connectivity index (χ1) is 7.63. The topological polar surface area (TPSA) is 113 Å². The van der Waals surface area contributed by atoms with Gasteiger partial charge in [0.2, 0.25) is 5.43 Å². The smallest absolute Gasteiger partial charge is 0.288 e. The third-order valence-electron chi connectivity index (χ3n) is 2.05. The zero-order valence-electron chi connectivity index (χ0n) is 7.80. The van der Waals surface area contributed by atoms with Gasteiger partial charge in [-0.15, -0.1) is 0 Å². The van der Waals surface area contributed by atoms with Crippen LogP contribution in [0.4, 0.5) is 5.69 Å². The van der Waals surface area contributed by atoms with Gasteiger partial charge in [0.15, 0.2) is 0 Å². The van der Waals surface area contributed by atoms with Gasteiger partial charge in [-0.25, -0.2) is 4.98 Å². The highest BCUT2D eigenvalue weighted by Crippen LogP contribution is 2.13. The predicted octanol–water partition coefficient (Wildman–Crippen LogP) is 0.703. The van der Waals surface area contributed by atoms with E-state index in [1.165, 1.54) is 6.20 Å². The van der Waals surface area contributed by atoms with Gasteiger partial charge in [0.1, 0.15) is 23.5 Å². The maximum atomic E-state index is 11.6.